The normalized spacial score (nSPS) is 22.6. The summed E-state index contributed by atoms with van der Waals surface area (Å²) >= 11 is 0. The molecule has 4 heteroatoms. The van der Waals surface area contributed by atoms with Gasteiger partial charge >= 0.3 is 0 Å². The Kier molecular flexibility index (Phi) is 3.39. The van der Waals surface area contributed by atoms with Gasteiger partial charge in [-0.15, -0.1) is 0 Å². The van der Waals surface area contributed by atoms with Crippen molar-refractivity contribution in [3.63, 3.8) is 0 Å². The number of hydrogen-bond donors (Lipinski definition) is 0. The monoisotopic (exact) mass is 221 g/mol. The summed E-state index contributed by atoms with van der Waals surface area (Å²) in [6.07, 6.45) is 4.55. The number of aromatic nitrogens is 2. The van der Waals surface area contributed by atoms with Crippen LogP contribution in [0.15, 0.2) is 12.4 Å². The molecule has 1 aliphatic rings. The molecule has 1 aromatic heterocycles. The average molecular weight is 221 g/mol. The molecule has 4 nitrogen and oxygen atoms in total. The number of carbonyl (C=O) groups excluding carboxylic acids is 1. The van der Waals surface area contributed by atoms with Gasteiger partial charge in [0, 0.05) is 50.9 Å². The third-order valence-corrected chi connectivity index (χ3v) is 3.34. The van der Waals surface area contributed by atoms with Gasteiger partial charge in [0.2, 0.25) is 0 Å². The fraction of sp³-hybridized carbons (Fsp3) is 0.667. The molecule has 1 aliphatic heterocycles. The predicted octanol–water partition coefficient (Wildman–Crippen LogP) is 1.10. The van der Waals surface area contributed by atoms with Crippen LogP contribution in [0.1, 0.15) is 19.2 Å². The molecule has 1 saturated heterocycles. The van der Waals surface area contributed by atoms with E-state index in [4.69, 9.17) is 0 Å². The number of carbonyl (C=O) groups is 1. The average Bonchev–Trinajstić information content (AvgIpc) is 2.66. The zero-order chi connectivity index (χ0) is 11.5. The molecule has 0 N–H and O–H groups in total. The van der Waals surface area contributed by atoms with E-state index in [1.807, 2.05) is 26.2 Å². The SMILES string of the molecule is Cc1nccn1CCN1CCC(=O)C(C)C1. The van der Waals surface area contributed by atoms with Crippen LogP contribution in [-0.4, -0.2) is 39.9 Å². The summed E-state index contributed by atoms with van der Waals surface area (Å²) in [6, 6.07) is 0. The summed E-state index contributed by atoms with van der Waals surface area (Å²) in [4.78, 5) is 17.9. The minimum absolute atomic E-state index is 0.206. The van der Waals surface area contributed by atoms with Gasteiger partial charge in [-0.2, -0.15) is 0 Å². The lowest BCUT2D eigenvalue weighted by Gasteiger charge is -2.29. The van der Waals surface area contributed by atoms with Gasteiger partial charge in [0.1, 0.15) is 11.6 Å². The largest absolute Gasteiger partial charge is 0.334 e. The lowest BCUT2D eigenvalue weighted by Crippen LogP contribution is -2.41. The van der Waals surface area contributed by atoms with E-state index >= 15 is 0 Å². The van der Waals surface area contributed by atoms with Crippen molar-refractivity contribution >= 4 is 5.78 Å². The molecule has 0 spiro atoms. The molecule has 0 radical (unpaired) electrons. The lowest BCUT2D eigenvalue weighted by atomic mass is 9.99. The van der Waals surface area contributed by atoms with E-state index in [0.29, 0.717) is 12.2 Å². The van der Waals surface area contributed by atoms with E-state index in [2.05, 4.69) is 14.5 Å². The Morgan fingerprint density at radius 2 is 2.31 bits per heavy atom. The predicted molar refractivity (Wildman–Crippen MR) is 62.2 cm³/mol. The summed E-state index contributed by atoms with van der Waals surface area (Å²) in [5, 5.41) is 0. The van der Waals surface area contributed by atoms with Crippen molar-refractivity contribution in [2.45, 2.75) is 26.8 Å². The number of likely N-dealkylation sites (tertiary alicyclic amines) is 1. The van der Waals surface area contributed by atoms with Crippen LogP contribution < -0.4 is 0 Å². The second-order valence-electron chi connectivity index (χ2n) is 4.59. The van der Waals surface area contributed by atoms with Crippen LogP contribution in [0.5, 0.6) is 0 Å². The Bertz CT molecular complexity index is 372. The summed E-state index contributed by atoms with van der Waals surface area (Å²) in [7, 11) is 0. The maximum absolute atomic E-state index is 11.4. The number of rotatable bonds is 3. The number of ketones is 1. The van der Waals surface area contributed by atoms with E-state index in [0.717, 1.165) is 32.0 Å². The highest BCUT2D eigenvalue weighted by molar-refractivity contribution is 5.81. The first kappa shape index (κ1) is 11.3. The summed E-state index contributed by atoms with van der Waals surface area (Å²) in [5.41, 5.74) is 0. The van der Waals surface area contributed by atoms with E-state index in [9.17, 15) is 4.79 Å². The molecule has 1 fully saturated rings. The highest BCUT2D eigenvalue weighted by Crippen LogP contribution is 2.12. The van der Waals surface area contributed by atoms with Gasteiger partial charge < -0.3 is 9.47 Å². The van der Waals surface area contributed by atoms with Crippen molar-refractivity contribution in [1.29, 1.82) is 0 Å². The van der Waals surface area contributed by atoms with Crippen LogP contribution in [-0.2, 0) is 11.3 Å². The Morgan fingerprint density at radius 1 is 1.50 bits per heavy atom. The highest BCUT2D eigenvalue weighted by Gasteiger charge is 2.22. The molecule has 0 aliphatic carbocycles. The number of aryl methyl sites for hydroxylation is 1. The molecule has 1 unspecified atom stereocenters. The molecule has 1 aromatic rings. The Morgan fingerprint density at radius 3 is 2.94 bits per heavy atom. The molecule has 2 rings (SSSR count). The molecular formula is C12H19N3O. The first-order chi connectivity index (χ1) is 7.66. The molecule has 88 valence electrons. The van der Waals surface area contributed by atoms with Gasteiger partial charge in [-0.1, -0.05) is 6.92 Å². The van der Waals surface area contributed by atoms with E-state index < -0.39 is 0 Å². The van der Waals surface area contributed by atoms with Crippen LogP contribution in [0.25, 0.3) is 0 Å². The van der Waals surface area contributed by atoms with Crippen LogP contribution in [0, 0.1) is 12.8 Å². The first-order valence-electron chi connectivity index (χ1n) is 5.89. The van der Waals surface area contributed by atoms with Crippen molar-refractivity contribution in [3.05, 3.63) is 18.2 Å². The molecule has 2 heterocycles. The fourth-order valence-electron chi connectivity index (χ4n) is 2.19. The minimum Gasteiger partial charge on any atom is -0.334 e. The zero-order valence-corrected chi connectivity index (χ0v) is 10.0. The van der Waals surface area contributed by atoms with Gasteiger partial charge in [0.15, 0.2) is 0 Å². The number of nitrogens with zero attached hydrogens (tertiary/aromatic N) is 3. The van der Waals surface area contributed by atoms with Gasteiger partial charge in [0.25, 0.3) is 0 Å². The highest BCUT2D eigenvalue weighted by atomic mass is 16.1. The third kappa shape index (κ3) is 2.50. The van der Waals surface area contributed by atoms with Crippen molar-refractivity contribution in [2.24, 2.45) is 5.92 Å². The van der Waals surface area contributed by atoms with Crippen LogP contribution in [0.3, 0.4) is 0 Å². The van der Waals surface area contributed by atoms with Crippen molar-refractivity contribution < 1.29 is 4.79 Å². The number of hydrogen-bond acceptors (Lipinski definition) is 3. The van der Waals surface area contributed by atoms with Crippen LogP contribution >= 0.6 is 0 Å². The molecule has 0 saturated carbocycles. The summed E-state index contributed by atoms with van der Waals surface area (Å²) in [6.45, 7) is 7.84. The van der Waals surface area contributed by atoms with Gasteiger partial charge in [-0.05, 0) is 6.92 Å². The molecule has 0 bridgehead atoms. The minimum atomic E-state index is 0.206. The standard InChI is InChI=1S/C12H19N3O/c1-10-9-14(5-3-12(10)16)7-8-15-6-4-13-11(15)2/h4,6,10H,3,5,7-9H2,1-2H3. The fourth-order valence-corrected chi connectivity index (χ4v) is 2.19. The van der Waals surface area contributed by atoms with Crippen LogP contribution in [0.4, 0.5) is 0 Å². The third-order valence-electron chi connectivity index (χ3n) is 3.34. The maximum Gasteiger partial charge on any atom is 0.138 e. The number of imidazole rings is 1. The van der Waals surface area contributed by atoms with Gasteiger partial charge in [-0.25, -0.2) is 4.98 Å². The molecule has 0 amide bonds. The Hall–Kier alpha value is -1.16. The molecular weight excluding hydrogens is 202 g/mol. The second kappa shape index (κ2) is 4.78. The Balaban J connectivity index is 1.83. The number of Topliss-reactive ketones (excluding diaryl/α,β-unsaturated/α-hetero) is 1. The number of piperidine rings is 1. The van der Waals surface area contributed by atoms with Crippen molar-refractivity contribution in [1.82, 2.24) is 14.5 Å². The maximum atomic E-state index is 11.4. The van der Waals surface area contributed by atoms with E-state index in [1.165, 1.54) is 0 Å². The quantitative estimate of drug-likeness (QED) is 0.767. The van der Waals surface area contributed by atoms with E-state index in [1.54, 1.807) is 0 Å². The first-order valence-corrected chi connectivity index (χ1v) is 5.89. The van der Waals surface area contributed by atoms with Crippen molar-refractivity contribution in [3.8, 4) is 0 Å². The van der Waals surface area contributed by atoms with Crippen molar-refractivity contribution in [2.75, 3.05) is 19.6 Å². The Labute approximate surface area is 96.3 Å². The topological polar surface area (TPSA) is 38.1 Å². The molecule has 16 heavy (non-hydrogen) atoms. The molecule has 0 aromatic carbocycles. The summed E-state index contributed by atoms with van der Waals surface area (Å²) < 4.78 is 2.15. The van der Waals surface area contributed by atoms with Gasteiger partial charge in [0.05, 0.1) is 0 Å². The zero-order valence-electron chi connectivity index (χ0n) is 10.0. The molecule has 1 atom stereocenters. The van der Waals surface area contributed by atoms with Gasteiger partial charge in [-0.3, -0.25) is 4.79 Å². The summed E-state index contributed by atoms with van der Waals surface area (Å²) in [5.74, 6) is 1.67. The second-order valence-corrected chi connectivity index (χ2v) is 4.59. The lowest BCUT2D eigenvalue weighted by molar-refractivity contribution is -0.125. The van der Waals surface area contributed by atoms with E-state index in [-0.39, 0.29) is 5.92 Å². The smallest absolute Gasteiger partial charge is 0.138 e. The van der Waals surface area contributed by atoms with Crippen LogP contribution in [0.2, 0.25) is 0 Å².